The Kier molecular flexibility index (Phi) is 5.62. The van der Waals surface area contributed by atoms with Gasteiger partial charge >= 0.3 is 0 Å². The van der Waals surface area contributed by atoms with E-state index in [0.717, 1.165) is 0 Å². The predicted octanol–water partition coefficient (Wildman–Crippen LogP) is 2.74. The molecule has 0 radical (unpaired) electrons. The minimum Gasteiger partial charge on any atom is -0.491 e. The lowest BCUT2D eigenvalue weighted by Crippen LogP contribution is -2.41. The third-order valence-corrected chi connectivity index (χ3v) is 4.08. The van der Waals surface area contributed by atoms with Crippen LogP contribution in [0.2, 0.25) is 0 Å². The lowest BCUT2D eigenvalue weighted by Gasteiger charge is -2.22. The second-order valence-electron chi connectivity index (χ2n) is 5.38. The molecule has 1 aliphatic heterocycles. The minimum atomic E-state index is -0.957. The fourth-order valence-corrected chi connectivity index (χ4v) is 2.93. The number of nitrogens with zero attached hydrogens (tertiary/aromatic N) is 1. The van der Waals surface area contributed by atoms with E-state index in [-0.39, 0.29) is 6.61 Å². The van der Waals surface area contributed by atoms with Crippen LogP contribution in [0.5, 0.6) is 11.5 Å². The summed E-state index contributed by atoms with van der Waals surface area (Å²) in [6, 6.07) is 18.0. The van der Waals surface area contributed by atoms with Crippen LogP contribution in [-0.2, 0) is 9.57 Å². The molecule has 25 heavy (non-hydrogen) atoms. The highest BCUT2D eigenvalue weighted by Crippen LogP contribution is 2.30. The Labute approximate surface area is 150 Å². The third-order valence-electron chi connectivity index (χ3n) is 3.67. The first-order valence-corrected chi connectivity index (χ1v) is 8.19. The van der Waals surface area contributed by atoms with Crippen molar-refractivity contribution < 1.29 is 24.1 Å². The Bertz CT molecular complexity index is 686. The van der Waals surface area contributed by atoms with Crippen LogP contribution in [0.1, 0.15) is 0 Å². The maximum absolute atomic E-state index is 10.9. The van der Waals surface area contributed by atoms with Crippen LogP contribution in [0.15, 0.2) is 60.7 Å². The second-order valence-corrected chi connectivity index (χ2v) is 5.89. The summed E-state index contributed by atoms with van der Waals surface area (Å²) in [6.07, 6.45) is -2.40. The average molecular weight is 363 g/mol. The van der Waals surface area contributed by atoms with Crippen molar-refractivity contribution in [1.29, 1.82) is 0 Å². The molecule has 2 aromatic rings. The summed E-state index contributed by atoms with van der Waals surface area (Å²) in [6.45, 7) is 0.0776. The molecule has 4 atom stereocenters. The SMILES string of the molecule is O=[N+]([O-])OC1C(COc2ccccc2)OC(S)C1Oc1ccccc1. The van der Waals surface area contributed by atoms with E-state index in [0.29, 0.717) is 11.5 Å². The van der Waals surface area contributed by atoms with Crippen molar-refractivity contribution in [2.75, 3.05) is 6.61 Å². The topological polar surface area (TPSA) is 80.1 Å². The van der Waals surface area contributed by atoms with Gasteiger partial charge in [0, 0.05) is 0 Å². The zero-order valence-electron chi connectivity index (χ0n) is 13.1. The van der Waals surface area contributed by atoms with E-state index in [9.17, 15) is 10.1 Å². The lowest BCUT2D eigenvalue weighted by atomic mass is 10.1. The molecule has 1 fully saturated rings. The summed E-state index contributed by atoms with van der Waals surface area (Å²) < 4.78 is 17.1. The normalized spacial score (nSPS) is 25.3. The van der Waals surface area contributed by atoms with Crippen LogP contribution >= 0.6 is 12.6 Å². The summed E-state index contributed by atoms with van der Waals surface area (Å²) in [5.41, 5.74) is -0.686. The van der Waals surface area contributed by atoms with Crippen LogP contribution in [0, 0.1) is 10.1 Å². The highest BCUT2D eigenvalue weighted by molar-refractivity contribution is 7.80. The Hall–Kier alpha value is -2.45. The van der Waals surface area contributed by atoms with Crippen molar-refractivity contribution in [3.63, 3.8) is 0 Å². The van der Waals surface area contributed by atoms with Gasteiger partial charge in [-0.15, -0.1) is 22.7 Å². The number of ether oxygens (including phenoxy) is 3. The molecule has 0 spiro atoms. The van der Waals surface area contributed by atoms with Crippen molar-refractivity contribution in [2.45, 2.75) is 23.7 Å². The molecular weight excluding hydrogens is 346 g/mol. The van der Waals surface area contributed by atoms with Gasteiger partial charge in [-0.25, -0.2) is 0 Å². The molecule has 7 nitrogen and oxygen atoms in total. The zero-order valence-corrected chi connectivity index (χ0v) is 14.0. The van der Waals surface area contributed by atoms with E-state index in [1.54, 1.807) is 36.4 Å². The van der Waals surface area contributed by atoms with E-state index in [2.05, 4.69) is 12.6 Å². The van der Waals surface area contributed by atoms with E-state index >= 15 is 0 Å². The minimum absolute atomic E-state index is 0.0776. The molecular formula is C17H17NO6S. The fourth-order valence-electron chi connectivity index (χ4n) is 2.55. The highest BCUT2D eigenvalue weighted by Gasteiger charge is 2.48. The van der Waals surface area contributed by atoms with Crippen molar-refractivity contribution in [2.24, 2.45) is 0 Å². The summed E-state index contributed by atoms with van der Waals surface area (Å²) in [5.74, 6) is 1.19. The summed E-state index contributed by atoms with van der Waals surface area (Å²) in [7, 11) is 0. The average Bonchev–Trinajstić information content (AvgIpc) is 2.90. The molecule has 0 bridgehead atoms. The van der Waals surface area contributed by atoms with E-state index in [1.165, 1.54) is 0 Å². The largest absolute Gasteiger partial charge is 0.491 e. The summed E-state index contributed by atoms with van der Waals surface area (Å²) in [5, 5.41) is 10.0. The maximum atomic E-state index is 10.9. The first kappa shape index (κ1) is 17.4. The summed E-state index contributed by atoms with van der Waals surface area (Å²) in [4.78, 5) is 15.7. The van der Waals surface area contributed by atoms with Crippen LogP contribution < -0.4 is 9.47 Å². The Morgan fingerprint density at radius 2 is 1.60 bits per heavy atom. The van der Waals surface area contributed by atoms with Gasteiger partial charge in [-0.05, 0) is 24.3 Å². The van der Waals surface area contributed by atoms with Gasteiger partial charge in [-0.3, -0.25) is 0 Å². The fraction of sp³-hybridized carbons (Fsp3) is 0.294. The maximum Gasteiger partial charge on any atom is 0.295 e. The molecule has 3 rings (SSSR count). The molecule has 2 aromatic carbocycles. The van der Waals surface area contributed by atoms with Crippen LogP contribution in [0.25, 0.3) is 0 Å². The Balaban J connectivity index is 1.70. The van der Waals surface area contributed by atoms with E-state index in [4.69, 9.17) is 19.0 Å². The molecule has 0 aromatic heterocycles. The van der Waals surface area contributed by atoms with Gasteiger partial charge in [0.1, 0.15) is 29.6 Å². The molecule has 132 valence electrons. The van der Waals surface area contributed by atoms with Gasteiger partial charge in [0.15, 0.2) is 12.2 Å². The number of hydrogen-bond acceptors (Lipinski definition) is 7. The predicted molar refractivity (Wildman–Crippen MR) is 92.3 cm³/mol. The summed E-state index contributed by atoms with van der Waals surface area (Å²) >= 11 is 4.33. The molecule has 0 saturated carbocycles. The molecule has 8 heteroatoms. The van der Waals surface area contributed by atoms with E-state index in [1.807, 2.05) is 24.3 Å². The number of benzene rings is 2. The van der Waals surface area contributed by atoms with Gasteiger partial charge in [0.2, 0.25) is 0 Å². The molecule has 0 amide bonds. The van der Waals surface area contributed by atoms with Crippen molar-refractivity contribution >= 4 is 12.6 Å². The Morgan fingerprint density at radius 3 is 2.20 bits per heavy atom. The molecule has 1 aliphatic rings. The van der Waals surface area contributed by atoms with Gasteiger partial charge in [0.25, 0.3) is 5.09 Å². The van der Waals surface area contributed by atoms with Crippen LogP contribution in [0.4, 0.5) is 0 Å². The lowest BCUT2D eigenvalue weighted by molar-refractivity contribution is -0.770. The van der Waals surface area contributed by atoms with Gasteiger partial charge < -0.3 is 19.0 Å². The van der Waals surface area contributed by atoms with Crippen LogP contribution in [0.3, 0.4) is 0 Å². The standard InChI is InChI=1S/C17H17NO6S/c19-18(20)24-15-14(11-21-12-7-3-1-4-8-12)23-17(25)16(15)22-13-9-5-2-6-10-13/h1-10,14-17,25H,11H2. The molecule has 0 N–H and O–H groups in total. The van der Waals surface area contributed by atoms with Crippen molar-refractivity contribution in [3.05, 3.63) is 70.8 Å². The number of thiol groups is 1. The van der Waals surface area contributed by atoms with Gasteiger partial charge in [-0.1, -0.05) is 36.4 Å². The number of hydrogen-bond donors (Lipinski definition) is 1. The second kappa shape index (κ2) is 8.09. The quantitative estimate of drug-likeness (QED) is 0.463. The number of para-hydroxylation sites is 2. The molecule has 4 unspecified atom stereocenters. The van der Waals surface area contributed by atoms with Gasteiger partial charge in [-0.2, -0.15) is 0 Å². The molecule has 0 aliphatic carbocycles. The van der Waals surface area contributed by atoms with Crippen LogP contribution in [-0.4, -0.2) is 35.4 Å². The smallest absolute Gasteiger partial charge is 0.295 e. The highest BCUT2D eigenvalue weighted by atomic mass is 32.1. The van der Waals surface area contributed by atoms with Crippen molar-refractivity contribution in [1.82, 2.24) is 0 Å². The zero-order chi connectivity index (χ0) is 17.6. The van der Waals surface area contributed by atoms with Crippen molar-refractivity contribution in [3.8, 4) is 11.5 Å². The Morgan fingerprint density at radius 1 is 1.00 bits per heavy atom. The third kappa shape index (κ3) is 4.55. The number of rotatable bonds is 7. The monoisotopic (exact) mass is 363 g/mol. The van der Waals surface area contributed by atoms with Gasteiger partial charge in [0.05, 0.1) is 0 Å². The first-order chi connectivity index (χ1) is 12.1. The molecule has 1 saturated heterocycles. The van der Waals surface area contributed by atoms with E-state index < -0.39 is 28.8 Å². The first-order valence-electron chi connectivity index (χ1n) is 7.68. The molecule has 1 heterocycles.